The third-order valence-corrected chi connectivity index (χ3v) is 5.24. The van der Waals surface area contributed by atoms with Crippen molar-refractivity contribution in [2.24, 2.45) is 0 Å². The number of rotatable bonds is 11. The SMILES string of the molecule is CS(=O)(=O)OC[C@H](NC(=O)c1ccccc1)[C@H](COS(C)(=O)=O)NC(=O)c1ccccc1. The molecule has 0 radical (unpaired) electrons. The van der Waals surface area contributed by atoms with Gasteiger partial charge in [-0.15, -0.1) is 0 Å². The van der Waals surface area contributed by atoms with Crippen molar-refractivity contribution in [3.05, 3.63) is 71.8 Å². The Balaban J connectivity index is 2.31. The van der Waals surface area contributed by atoms with Crippen molar-refractivity contribution >= 4 is 32.1 Å². The zero-order valence-corrected chi connectivity index (χ0v) is 19.1. The van der Waals surface area contributed by atoms with Crippen LogP contribution in [-0.4, -0.2) is 66.5 Å². The summed E-state index contributed by atoms with van der Waals surface area (Å²) in [5, 5.41) is 5.16. The van der Waals surface area contributed by atoms with Gasteiger partial charge in [0, 0.05) is 11.1 Å². The van der Waals surface area contributed by atoms with Crippen molar-refractivity contribution in [2.75, 3.05) is 25.7 Å². The molecule has 10 nitrogen and oxygen atoms in total. The van der Waals surface area contributed by atoms with Crippen molar-refractivity contribution < 1.29 is 34.8 Å². The minimum atomic E-state index is -3.90. The molecular formula is C20H24N2O8S2. The highest BCUT2D eigenvalue weighted by atomic mass is 32.2. The number of carbonyl (C=O) groups is 2. The number of hydrogen-bond donors (Lipinski definition) is 2. The standard InChI is InChI=1S/C20H24N2O8S2/c1-31(25,26)29-13-17(21-19(23)15-9-5-3-6-10-15)18(14-30-32(2,27)28)22-20(24)16-11-7-4-8-12-16/h3-12,17-18H,13-14H2,1-2H3,(H,21,23)(H,22,24)/t17-,18-/m0/s1. The molecule has 0 unspecified atom stereocenters. The van der Waals surface area contributed by atoms with E-state index < -0.39 is 57.3 Å². The number of amides is 2. The fraction of sp³-hybridized carbons (Fsp3) is 0.300. The highest BCUT2D eigenvalue weighted by Gasteiger charge is 2.29. The van der Waals surface area contributed by atoms with Gasteiger partial charge in [-0.05, 0) is 24.3 Å². The highest BCUT2D eigenvalue weighted by Crippen LogP contribution is 2.07. The summed E-state index contributed by atoms with van der Waals surface area (Å²) in [4.78, 5) is 25.3. The predicted octanol–water partition coefficient (Wildman–Crippen LogP) is 0.536. The normalized spacial score (nSPS) is 13.7. The van der Waals surface area contributed by atoms with E-state index in [1.807, 2.05) is 0 Å². The van der Waals surface area contributed by atoms with Crippen LogP contribution in [0.3, 0.4) is 0 Å². The summed E-state index contributed by atoms with van der Waals surface area (Å²) >= 11 is 0. The van der Waals surface area contributed by atoms with E-state index in [0.717, 1.165) is 12.5 Å². The molecule has 32 heavy (non-hydrogen) atoms. The molecule has 0 aliphatic heterocycles. The Hall–Kier alpha value is -2.80. The number of nitrogens with one attached hydrogen (secondary N) is 2. The van der Waals surface area contributed by atoms with E-state index in [1.54, 1.807) is 36.4 Å². The van der Waals surface area contributed by atoms with Crippen LogP contribution >= 0.6 is 0 Å². The molecule has 12 heteroatoms. The molecule has 0 heterocycles. The lowest BCUT2D eigenvalue weighted by Gasteiger charge is -2.28. The molecule has 0 fully saturated rings. The minimum Gasteiger partial charge on any atom is -0.345 e. The summed E-state index contributed by atoms with van der Waals surface area (Å²) in [5.41, 5.74) is 0.544. The Kier molecular flexibility index (Phi) is 8.89. The van der Waals surface area contributed by atoms with Gasteiger partial charge in [-0.2, -0.15) is 16.8 Å². The fourth-order valence-electron chi connectivity index (χ4n) is 2.59. The molecule has 0 spiro atoms. The number of carbonyl (C=O) groups excluding carboxylic acids is 2. The summed E-state index contributed by atoms with van der Waals surface area (Å²) in [6, 6.07) is 13.8. The van der Waals surface area contributed by atoms with Gasteiger partial charge in [0.05, 0.1) is 37.8 Å². The maximum Gasteiger partial charge on any atom is 0.264 e. The highest BCUT2D eigenvalue weighted by molar-refractivity contribution is 7.86. The van der Waals surface area contributed by atoms with Gasteiger partial charge in [-0.25, -0.2) is 0 Å². The molecule has 0 saturated carbocycles. The Morgan fingerprint density at radius 2 is 1.00 bits per heavy atom. The molecule has 2 aromatic carbocycles. The second-order valence-corrected chi connectivity index (χ2v) is 10.2. The molecule has 174 valence electrons. The Bertz CT molecular complexity index is 1030. The minimum absolute atomic E-state index is 0.272. The van der Waals surface area contributed by atoms with E-state index in [1.165, 1.54) is 24.3 Å². The second kappa shape index (κ2) is 11.2. The predicted molar refractivity (Wildman–Crippen MR) is 117 cm³/mol. The van der Waals surface area contributed by atoms with Crippen LogP contribution in [0.5, 0.6) is 0 Å². The Labute approximate surface area is 187 Å². The van der Waals surface area contributed by atoms with Crippen molar-refractivity contribution in [2.45, 2.75) is 12.1 Å². The molecule has 2 atom stereocenters. The summed E-state index contributed by atoms with van der Waals surface area (Å²) < 4.78 is 55.8. The molecule has 2 N–H and O–H groups in total. The van der Waals surface area contributed by atoms with Crippen LogP contribution in [0.25, 0.3) is 0 Å². The van der Waals surface area contributed by atoms with E-state index in [2.05, 4.69) is 10.6 Å². The van der Waals surface area contributed by atoms with Crippen molar-refractivity contribution in [1.82, 2.24) is 10.6 Å². The smallest absolute Gasteiger partial charge is 0.264 e. The summed E-state index contributed by atoms with van der Waals surface area (Å²) in [6.07, 6.45) is 1.65. The molecular weight excluding hydrogens is 460 g/mol. The van der Waals surface area contributed by atoms with Crippen molar-refractivity contribution in [3.63, 3.8) is 0 Å². The first-order valence-corrected chi connectivity index (χ1v) is 13.0. The van der Waals surface area contributed by atoms with Gasteiger partial charge >= 0.3 is 0 Å². The van der Waals surface area contributed by atoms with E-state index in [4.69, 9.17) is 8.37 Å². The van der Waals surface area contributed by atoms with E-state index in [9.17, 15) is 26.4 Å². The second-order valence-electron chi connectivity index (χ2n) is 6.87. The van der Waals surface area contributed by atoms with Gasteiger partial charge in [-0.3, -0.25) is 18.0 Å². The number of benzene rings is 2. The van der Waals surface area contributed by atoms with E-state index in [0.29, 0.717) is 0 Å². The summed E-state index contributed by atoms with van der Waals surface area (Å²) in [7, 11) is -7.80. The van der Waals surface area contributed by atoms with Crippen molar-refractivity contribution in [3.8, 4) is 0 Å². The largest absolute Gasteiger partial charge is 0.345 e. The topological polar surface area (TPSA) is 145 Å². The Morgan fingerprint density at radius 3 is 1.28 bits per heavy atom. The summed E-state index contributed by atoms with van der Waals surface area (Å²) in [5.74, 6) is -1.16. The number of hydrogen-bond acceptors (Lipinski definition) is 8. The average molecular weight is 485 g/mol. The first-order chi connectivity index (χ1) is 14.9. The lowest BCUT2D eigenvalue weighted by Crippen LogP contribution is -2.56. The van der Waals surface area contributed by atoms with Gasteiger partial charge in [0.1, 0.15) is 0 Å². The van der Waals surface area contributed by atoms with Crippen LogP contribution in [-0.2, 0) is 28.6 Å². The van der Waals surface area contributed by atoms with E-state index in [-0.39, 0.29) is 11.1 Å². The van der Waals surface area contributed by atoms with Crippen LogP contribution in [0.2, 0.25) is 0 Å². The van der Waals surface area contributed by atoms with Crippen LogP contribution in [0.15, 0.2) is 60.7 Å². The maximum atomic E-state index is 12.7. The molecule has 0 saturated heterocycles. The van der Waals surface area contributed by atoms with Crippen LogP contribution in [0.1, 0.15) is 20.7 Å². The van der Waals surface area contributed by atoms with Gasteiger partial charge in [0.15, 0.2) is 0 Å². The molecule has 2 amide bonds. The third kappa shape index (κ3) is 9.14. The quantitative estimate of drug-likeness (QED) is 0.440. The lowest BCUT2D eigenvalue weighted by molar-refractivity contribution is 0.0834. The first-order valence-electron chi connectivity index (χ1n) is 9.35. The van der Waals surface area contributed by atoms with Gasteiger partial charge in [0.2, 0.25) is 0 Å². The first kappa shape index (κ1) is 25.5. The van der Waals surface area contributed by atoms with Gasteiger partial charge < -0.3 is 10.6 Å². The van der Waals surface area contributed by atoms with Crippen LogP contribution in [0.4, 0.5) is 0 Å². The Morgan fingerprint density at radius 1 is 0.688 bits per heavy atom. The molecule has 2 aromatic rings. The molecule has 0 aliphatic carbocycles. The monoisotopic (exact) mass is 484 g/mol. The average Bonchev–Trinajstić information content (AvgIpc) is 2.74. The zero-order chi connectivity index (χ0) is 23.8. The molecule has 2 rings (SSSR count). The fourth-order valence-corrected chi connectivity index (χ4v) is 3.38. The lowest BCUT2D eigenvalue weighted by atomic mass is 10.1. The third-order valence-electron chi connectivity index (χ3n) is 4.11. The van der Waals surface area contributed by atoms with Gasteiger partial charge in [0.25, 0.3) is 32.1 Å². The van der Waals surface area contributed by atoms with Gasteiger partial charge in [-0.1, -0.05) is 36.4 Å². The molecule has 0 aromatic heterocycles. The molecule has 0 aliphatic rings. The zero-order valence-electron chi connectivity index (χ0n) is 17.4. The maximum absolute atomic E-state index is 12.7. The van der Waals surface area contributed by atoms with Crippen LogP contribution in [0, 0.1) is 0 Å². The summed E-state index contributed by atoms with van der Waals surface area (Å²) in [6.45, 7) is -1.13. The van der Waals surface area contributed by atoms with E-state index >= 15 is 0 Å². The molecule has 0 bridgehead atoms. The van der Waals surface area contributed by atoms with Crippen LogP contribution < -0.4 is 10.6 Å². The van der Waals surface area contributed by atoms with Crippen molar-refractivity contribution in [1.29, 1.82) is 0 Å².